The molecule has 0 fully saturated rings. The van der Waals surface area contributed by atoms with Gasteiger partial charge in [-0.05, 0) is 44.9 Å². The van der Waals surface area contributed by atoms with Crippen molar-refractivity contribution >= 4 is 5.82 Å². The lowest BCUT2D eigenvalue weighted by Crippen LogP contribution is -2.31. The second-order valence-electron chi connectivity index (χ2n) is 5.47. The van der Waals surface area contributed by atoms with Crippen molar-refractivity contribution in [2.75, 3.05) is 24.5 Å². The molecular formula is C15H27N3O. The first-order chi connectivity index (χ1) is 9.04. The fraction of sp³-hybridized carbons (Fsp3) is 0.667. The summed E-state index contributed by atoms with van der Waals surface area (Å²) in [5.41, 5.74) is 5.63. The van der Waals surface area contributed by atoms with Gasteiger partial charge in [0.25, 0.3) is 0 Å². The summed E-state index contributed by atoms with van der Waals surface area (Å²) in [6, 6.07) is 3.90. The number of nitrogens with zero attached hydrogens (tertiary/aromatic N) is 2. The maximum atomic E-state index is 5.85. The molecule has 19 heavy (non-hydrogen) atoms. The van der Waals surface area contributed by atoms with Crippen LogP contribution in [0.3, 0.4) is 0 Å². The minimum absolute atomic E-state index is 0.151. The third-order valence-corrected chi connectivity index (χ3v) is 2.63. The molecule has 0 amide bonds. The van der Waals surface area contributed by atoms with Gasteiger partial charge in [0.2, 0.25) is 0 Å². The van der Waals surface area contributed by atoms with Gasteiger partial charge in [0, 0.05) is 19.3 Å². The highest BCUT2D eigenvalue weighted by Gasteiger charge is 2.15. The van der Waals surface area contributed by atoms with Crippen LogP contribution >= 0.6 is 0 Å². The first-order valence-corrected chi connectivity index (χ1v) is 7.11. The Balaban J connectivity index is 2.92. The molecule has 1 aromatic heterocycles. The highest BCUT2D eigenvalue weighted by molar-refractivity contribution is 5.52. The van der Waals surface area contributed by atoms with E-state index in [2.05, 4.69) is 23.7 Å². The van der Waals surface area contributed by atoms with Gasteiger partial charge in [-0.15, -0.1) is 0 Å². The topological polar surface area (TPSA) is 51.4 Å². The van der Waals surface area contributed by atoms with E-state index >= 15 is 0 Å². The Labute approximate surface area is 117 Å². The predicted molar refractivity (Wildman–Crippen MR) is 80.7 cm³/mol. The Morgan fingerprint density at radius 1 is 1.32 bits per heavy atom. The standard InChI is InChI=1S/C15H27N3O/c1-12(2)11-18(10-6-8-16)15-14(19-13(3)4)7-5-9-17-15/h5,7,9,12-13H,6,8,10-11,16H2,1-4H3. The molecule has 0 spiro atoms. The van der Waals surface area contributed by atoms with Crippen molar-refractivity contribution < 1.29 is 4.74 Å². The molecule has 0 saturated carbocycles. The number of pyridine rings is 1. The SMILES string of the molecule is CC(C)CN(CCCN)c1ncccc1OC(C)C. The number of aromatic nitrogens is 1. The van der Waals surface area contributed by atoms with E-state index in [1.165, 1.54) is 0 Å². The largest absolute Gasteiger partial charge is 0.487 e. The molecule has 0 aliphatic rings. The van der Waals surface area contributed by atoms with E-state index in [4.69, 9.17) is 10.5 Å². The molecule has 4 nitrogen and oxygen atoms in total. The van der Waals surface area contributed by atoms with Crippen molar-refractivity contribution in [3.8, 4) is 5.75 Å². The Hall–Kier alpha value is -1.29. The molecular weight excluding hydrogens is 238 g/mol. The molecule has 0 unspecified atom stereocenters. The summed E-state index contributed by atoms with van der Waals surface area (Å²) in [5.74, 6) is 2.36. The van der Waals surface area contributed by atoms with E-state index < -0.39 is 0 Å². The lowest BCUT2D eigenvalue weighted by molar-refractivity contribution is 0.242. The van der Waals surface area contributed by atoms with Crippen LogP contribution < -0.4 is 15.4 Å². The third-order valence-electron chi connectivity index (χ3n) is 2.63. The molecule has 108 valence electrons. The average Bonchev–Trinajstić information content (AvgIpc) is 2.34. The van der Waals surface area contributed by atoms with Gasteiger partial charge in [-0.3, -0.25) is 0 Å². The summed E-state index contributed by atoms with van der Waals surface area (Å²) in [4.78, 5) is 6.77. The van der Waals surface area contributed by atoms with Gasteiger partial charge < -0.3 is 15.4 Å². The first kappa shape index (κ1) is 15.8. The van der Waals surface area contributed by atoms with Crippen LogP contribution in [0.2, 0.25) is 0 Å². The molecule has 0 saturated heterocycles. The molecule has 0 bridgehead atoms. The van der Waals surface area contributed by atoms with Crippen molar-refractivity contribution in [3.63, 3.8) is 0 Å². The van der Waals surface area contributed by atoms with E-state index in [1.807, 2.05) is 32.2 Å². The van der Waals surface area contributed by atoms with Crippen molar-refractivity contribution in [1.82, 2.24) is 4.98 Å². The maximum absolute atomic E-state index is 5.85. The van der Waals surface area contributed by atoms with Crippen LogP contribution in [0.15, 0.2) is 18.3 Å². The number of hydrogen-bond acceptors (Lipinski definition) is 4. The van der Waals surface area contributed by atoms with Gasteiger partial charge in [0.1, 0.15) is 0 Å². The van der Waals surface area contributed by atoms with Crippen LogP contribution in [0.25, 0.3) is 0 Å². The number of nitrogens with two attached hydrogens (primary N) is 1. The van der Waals surface area contributed by atoms with E-state index in [0.717, 1.165) is 31.1 Å². The Morgan fingerprint density at radius 2 is 2.05 bits per heavy atom. The van der Waals surface area contributed by atoms with Crippen molar-refractivity contribution in [1.29, 1.82) is 0 Å². The monoisotopic (exact) mass is 265 g/mol. The summed E-state index contributed by atoms with van der Waals surface area (Å²) in [5, 5.41) is 0. The summed E-state index contributed by atoms with van der Waals surface area (Å²) >= 11 is 0. The lowest BCUT2D eigenvalue weighted by Gasteiger charge is -2.27. The molecule has 0 aliphatic heterocycles. The summed E-state index contributed by atoms with van der Waals surface area (Å²) in [6.45, 7) is 11.1. The molecule has 0 aliphatic carbocycles. The smallest absolute Gasteiger partial charge is 0.171 e. The maximum Gasteiger partial charge on any atom is 0.171 e. The van der Waals surface area contributed by atoms with E-state index in [0.29, 0.717) is 12.5 Å². The summed E-state index contributed by atoms with van der Waals surface area (Å²) in [6.07, 6.45) is 2.93. The quantitative estimate of drug-likeness (QED) is 0.785. The molecule has 0 radical (unpaired) electrons. The highest BCUT2D eigenvalue weighted by Crippen LogP contribution is 2.27. The minimum Gasteiger partial charge on any atom is -0.487 e. The Kier molecular flexibility index (Phi) is 6.64. The van der Waals surface area contributed by atoms with Crippen molar-refractivity contribution in [2.45, 2.75) is 40.2 Å². The van der Waals surface area contributed by atoms with Gasteiger partial charge in [-0.2, -0.15) is 0 Å². The Morgan fingerprint density at radius 3 is 2.63 bits per heavy atom. The zero-order valence-corrected chi connectivity index (χ0v) is 12.6. The minimum atomic E-state index is 0.151. The molecule has 1 rings (SSSR count). The fourth-order valence-corrected chi connectivity index (χ4v) is 1.97. The zero-order valence-electron chi connectivity index (χ0n) is 12.6. The fourth-order valence-electron chi connectivity index (χ4n) is 1.97. The van der Waals surface area contributed by atoms with E-state index in [1.54, 1.807) is 0 Å². The number of hydrogen-bond donors (Lipinski definition) is 1. The van der Waals surface area contributed by atoms with Gasteiger partial charge >= 0.3 is 0 Å². The summed E-state index contributed by atoms with van der Waals surface area (Å²) in [7, 11) is 0. The van der Waals surface area contributed by atoms with Crippen LogP contribution in [0.5, 0.6) is 5.75 Å². The van der Waals surface area contributed by atoms with Crippen LogP contribution in [-0.4, -0.2) is 30.7 Å². The lowest BCUT2D eigenvalue weighted by atomic mass is 10.2. The molecule has 1 aromatic rings. The number of ether oxygens (including phenoxy) is 1. The highest BCUT2D eigenvalue weighted by atomic mass is 16.5. The predicted octanol–water partition coefficient (Wildman–Crippen LogP) is 2.68. The van der Waals surface area contributed by atoms with Crippen LogP contribution in [0.1, 0.15) is 34.1 Å². The van der Waals surface area contributed by atoms with Crippen LogP contribution in [0, 0.1) is 5.92 Å². The number of rotatable bonds is 8. The van der Waals surface area contributed by atoms with E-state index in [9.17, 15) is 0 Å². The number of anilines is 1. The summed E-state index contributed by atoms with van der Waals surface area (Å²) < 4.78 is 5.85. The van der Waals surface area contributed by atoms with Crippen LogP contribution in [0.4, 0.5) is 5.82 Å². The Bertz CT molecular complexity index is 366. The van der Waals surface area contributed by atoms with Gasteiger partial charge in [-0.1, -0.05) is 13.8 Å². The first-order valence-electron chi connectivity index (χ1n) is 7.11. The molecule has 4 heteroatoms. The van der Waals surface area contributed by atoms with Crippen molar-refractivity contribution in [2.24, 2.45) is 11.7 Å². The second kappa shape index (κ2) is 8.00. The molecule has 0 atom stereocenters. The molecule has 0 aromatic carbocycles. The van der Waals surface area contributed by atoms with Crippen LogP contribution in [-0.2, 0) is 0 Å². The van der Waals surface area contributed by atoms with Crippen molar-refractivity contribution in [3.05, 3.63) is 18.3 Å². The second-order valence-corrected chi connectivity index (χ2v) is 5.47. The average molecular weight is 265 g/mol. The van der Waals surface area contributed by atoms with E-state index in [-0.39, 0.29) is 6.10 Å². The normalized spacial score (nSPS) is 11.1. The zero-order chi connectivity index (χ0) is 14.3. The van der Waals surface area contributed by atoms with Gasteiger partial charge in [0.05, 0.1) is 6.10 Å². The third kappa shape index (κ3) is 5.47. The van der Waals surface area contributed by atoms with Gasteiger partial charge in [-0.25, -0.2) is 4.98 Å². The molecule has 1 heterocycles. The molecule has 2 N–H and O–H groups in total. The van der Waals surface area contributed by atoms with Gasteiger partial charge in [0.15, 0.2) is 11.6 Å².